The highest BCUT2D eigenvalue weighted by Crippen LogP contribution is 2.37. The molecule has 0 aliphatic heterocycles. The predicted octanol–water partition coefficient (Wildman–Crippen LogP) is 4.21. The van der Waals surface area contributed by atoms with E-state index in [0.717, 1.165) is 24.8 Å². The number of carbonyl (C=O) groups is 1. The molecule has 1 aliphatic rings. The lowest BCUT2D eigenvalue weighted by atomic mass is 9.72. The highest BCUT2D eigenvalue weighted by atomic mass is 79.9. The van der Waals surface area contributed by atoms with Crippen LogP contribution < -0.4 is 0 Å². The number of rotatable bonds is 4. The van der Waals surface area contributed by atoms with Gasteiger partial charge in [0.25, 0.3) is 0 Å². The van der Waals surface area contributed by atoms with E-state index in [1.165, 1.54) is 12.5 Å². The third kappa shape index (κ3) is 3.54. The molecule has 2 rings (SSSR count). The Morgan fingerprint density at radius 2 is 2.19 bits per heavy atom. The average molecular weight is 356 g/mol. The lowest BCUT2D eigenvalue weighted by Gasteiger charge is -2.44. The molecule has 1 aromatic rings. The molecule has 0 heterocycles. The van der Waals surface area contributed by atoms with Gasteiger partial charge in [-0.05, 0) is 66.5 Å². The minimum atomic E-state index is -0.363. The lowest BCUT2D eigenvalue weighted by molar-refractivity contribution is -0.132. The van der Waals surface area contributed by atoms with Crippen molar-refractivity contribution in [2.24, 2.45) is 5.92 Å². The van der Waals surface area contributed by atoms with Gasteiger partial charge in [0, 0.05) is 6.42 Å². The van der Waals surface area contributed by atoms with E-state index in [0.29, 0.717) is 16.8 Å². The van der Waals surface area contributed by atoms with Crippen LogP contribution >= 0.6 is 15.9 Å². The first kappa shape index (κ1) is 16.6. The maximum absolute atomic E-state index is 13.3. The van der Waals surface area contributed by atoms with E-state index in [1.54, 1.807) is 12.1 Å². The molecule has 2 nitrogen and oxygen atoms in total. The summed E-state index contributed by atoms with van der Waals surface area (Å²) in [7, 11) is 3.99. The normalized spacial score (nSPS) is 26.1. The Morgan fingerprint density at radius 1 is 1.48 bits per heavy atom. The zero-order chi connectivity index (χ0) is 15.6. The molecule has 116 valence electrons. The summed E-state index contributed by atoms with van der Waals surface area (Å²) in [6.07, 6.45) is 4.50. The van der Waals surface area contributed by atoms with E-state index in [9.17, 15) is 9.18 Å². The lowest BCUT2D eigenvalue weighted by Crippen LogP contribution is -2.54. The molecule has 0 radical (unpaired) electrons. The second-order valence-electron chi connectivity index (χ2n) is 6.48. The van der Waals surface area contributed by atoms with Crippen LogP contribution in [0.4, 0.5) is 4.39 Å². The average Bonchev–Trinajstić information content (AvgIpc) is 2.42. The number of Topliss-reactive ketones (excluding diaryl/α,β-unsaturated/α-hetero) is 1. The van der Waals surface area contributed by atoms with Crippen molar-refractivity contribution in [2.75, 3.05) is 14.1 Å². The summed E-state index contributed by atoms with van der Waals surface area (Å²) in [6, 6.07) is 4.83. The highest BCUT2D eigenvalue weighted by Gasteiger charge is 2.42. The Morgan fingerprint density at radius 3 is 2.76 bits per heavy atom. The largest absolute Gasteiger partial charge is 0.297 e. The number of likely N-dealkylation sites (N-methyl/N-ethyl adjacent to an activating group) is 1. The molecule has 1 aliphatic carbocycles. The number of carbonyl (C=O) groups excluding carboxylic acids is 1. The predicted molar refractivity (Wildman–Crippen MR) is 86.9 cm³/mol. The summed E-state index contributed by atoms with van der Waals surface area (Å²) in [6.45, 7) is 2.22. The van der Waals surface area contributed by atoms with Crippen LogP contribution in [0.1, 0.15) is 38.2 Å². The van der Waals surface area contributed by atoms with E-state index in [1.807, 2.05) is 14.1 Å². The van der Waals surface area contributed by atoms with Crippen molar-refractivity contribution in [2.45, 2.75) is 44.6 Å². The van der Waals surface area contributed by atoms with Crippen molar-refractivity contribution in [3.63, 3.8) is 0 Å². The summed E-state index contributed by atoms with van der Waals surface area (Å²) in [5.41, 5.74) is 0.506. The van der Waals surface area contributed by atoms with Crippen molar-refractivity contribution < 1.29 is 9.18 Å². The topological polar surface area (TPSA) is 20.3 Å². The van der Waals surface area contributed by atoms with Gasteiger partial charge in [0.1, 0.15) is 5.82 Å². The van der Waals surface area contributed by atoms with Crippen LogP contribution in [0.25, 0.3) is 0 Å². The van der Waals surface area contributed by atoms with Gasteiger partial charge >= 0.3 is 0 Å². The first-order chi connectivity index (χ1) is 9.85. The maximum atomic E-state index is 13.3. The van der Waals surface area contributed by atoms with Crippen LogP contribution in [0.15, 0.2) is 22.7 Å². The molecule has 0 saturated heterocycles. The summed E-state index contributed by atoms with van der Waals surface area (Å²) >= 11 is 3.19. The molecule has 0 amide bonds. The van der Waals surface area contributed by atoms with Gasteiger partial charge in [0.15, 0.2) is 5.78 Å². The van der Waals surface area contributed by atoms with Crippen LogP contribution in [-0.4, -0.2) is 30.3 Å². The first-order valence-corrected chi connectivity index (χ1v) is 8.29. The Hall–Kier alpha value is -0.740. The summed E-state index contributed by atoms with van der Waals surface area (Å²) in [4.78, 5) is 15.0. The number of benzene rings is 1. The number of nitrogens with zero attached hydrogens (tertiary/aromatic N) is 1. The van der Waals surface area contributed by atoms with Crippen LogP contribution in [-0.2, 0) is 11.2 Å². The Kier molecular flexibility index (Phi) is 5.20. The molecule has 4 heteroatoms. The number of hydrogen-bond donors (Lipinski definition) is 0. The molecule has 1 saturated carbocycles. The molecule has 0 N–H and O–H groups in total. The second-order valence-corrected chi connectivity index (χ2v) is 7.33. The third-order valence-corrected chi connectivity index (χ3v) is 5.30. The van der Waals surface area contributed by atoms with E-state index < -0.39 is 0 Å². The van der Waals surface area contributed by atoms with Gasteiger partial charge in [-0.2, -0.15) is 0 Å². The van der Waals surface area contributed by atoms with Crippen molar-refractivity contribution in [3.05, 3.63) is 34.1 Å². The highest BCUT2D eigenvalue weighted by molar-refractivity contribution is 9.10. The van der Waals surface area contributed by atoms with Crippen molar-refractivity contribution in [3.8, 4) is 0 Å². The smallest absolute Gasteiger partial charge is 0.157 e. The molecule has 0 aromatic heterocycles. The minimum absolute atomic E-state index is 0.248. The van der Waals surface area contributed by atoms with Crippen LogP contribution in [0.3, 0.4) is 0 Å². The van der Waals surface area contributed by atoms with Gasteiger partial charge < -0.3 is 0 Å². The zero-order valence-corrected chi connectivity index (χ0v) is 14.5. The van der Waals surface area contributed by atoms with Gasteiger partial charge in [0.2, 0.25) is 0 Å². The first-order valence-electron chi connectivity index (χ1n) is 7.50. The van der Waals surface area contributed by atoms with Crippen molar-refractivity contribution in [1.82, 2.24) is 4.90 Å². The molecular weight excluding hydrogens is 333 g/mol. The molecule has 2 unspecified atom stereocenters. The number of ketones is 1. The van der Waals surface area contributed by atoms with E-state index in [2.05, 4.69) is 27.8 Å². The number of halogens is 2. The second kappa shape index (κ2) is 6.57. The van der Waals surface area contributed by atoms with Crippen LogP contribution in [0.2, 0.25) is 0 Å². The molecule has 1 aromatic carbocycles. The molecule has 1 fully saturated rings. The van der Waals surface area contributed by atoms with Crippen LogP contribution in [0, 0.1) is 11.7 Å². The van der Waals surface area contributed by atoms with Crippen molar-refractivity contribution in [1.29, 1.82) is 0 Å². The Balaban J connectivity index is 2.21. The summed E-state index contributed by atoms with van der Waals surface area (Å²) in [5, 5.41) is 0. The van der Waals surface area contributed by atoms with Crippen LogP contribution in [0.5, 0.6) is 0 Å². The fourth-order valence-corrected chi connectivity index (χ4v) is 3.86. The van der Waals surface area contributed by atoms with Gasteiger partial charge in [-0.3, -0.25) is 9.69 Å². The van der Waals surface area contributed by atoms with Gasteiger partial charge in [-0.1, -0.05) is 25.8 Å². The third-order valence-electron chi connectivity index (χ3n) is 4.70. The Labute approximate surface area is 134 Å². The Bertz CT molecular complexity index is 532. The zero-order valence-electron chi connectivity index (χ0n) is 13.0. The molecule has 0 spiro atoms. The van der Waals surface area contributed by atoms with Gasteiger partial charge in [-0.15, -0.1) is 0 Å². The summed E-state index contributed by atoms with van der Waals surface area (Å²) < 4.78 is 13.7. The molecule has 2 atom stereocenters. The number of hydrogen-bond acceptors (Lipinski definition) is 2. The molecule has 21 heavy (non-hydrogen) atoms. The fourth-order valence-electron chi connectivity index (χ4n) is 3.43. The maximum Gasteiger partial charge on any atom is 0.157 e. The minimum Gasteiger partial charge on any atom is -0.297 e. The molecule has 0 bridgehead atoms. The molecular formula is C17H23BrFNO. The summed E-state index contributed by atoms with van der Waals surface area (Å²) in [5.74, 6) is 0.530. The van der Waals surface area contributed by atoms with E-state index in [4.69, 9.17) is 0 Å². The van der Waals surface area contributed by atoms with Gasteiger partial charge in [0.05, 0.1) is 10.0 Å². The van der Waals surface area contributed by atoms with E-state index in [-0.39, 0.29) is 17.1 Å². The fraction of sp³-hybridized carbons (Fsp3) is 0.588. The SMILES string of the molecule is CC1CCCC(C(=O)Cc2ccc(F)c(Br)c2)(N(C)C)C1. The van der Waals surface area contributed by atoms with Gasteiger partial charge in [-0.25, -0.2) is 4.39 Å². The monoisotopic (exact) mass is 355 g/mol. The standard InChI is InChI=1S/C17H23BrFNO/c1-12-5-4-8-17(11-12,20(2)3)16(21)10-13-6-7-15(19)14(18)9-13/h6-7,9,12H,4-5,8,10-11H2,1-3H3. The quantitative estimate of drug-likeness (QED) is 0.806. The van der Waals surface area contributed by atoms with E-state index >= 15 is 0 Å². The van der Waals surface area contributed by atoms with Crippen molar-refractivity contribution >= 4 is 21.7 Å².